The molecule has 0 bridgehead atoms. The van der Waals surface area contributed by atoms with Crippen LogP contribution < -0.4 is 10.7 Å². The fraction of sp³-hybridized carbons (Fsp3) is 0.100. The monoisotopic (exact) mass is 412 g/mol. The summed E-state index contributed by atoms with van der Waals surface area (Å²) in [6.07, 6.45) is 0. The van der Waals surface area contributed by atoms with Gasteiger partial charge in [0.2, 0.25) is 5.43 Å². The first-order chi connectivity index (χ1) is 14.0. The molecule has 4 aromatic rings. The van der Waals surface area contributed by atoms with E-state index in [1.807, 2.05) is 0 Å². The zero-order valence-electron chi connectivity index (χ0n) is 15.1. The molecular weight excluding hydrogens is 398 g/mol. The molecule has 2 aromatic carbocycles. The number of nitrogens with one attached hydrogen (secondary N) is 1. The Morgan fingerprint density at radius 1 is 1.14 bits per heavy atom. The predicted octanol–water partition coefficient (Wildman–Crippen LogP) is 4.07. The number of fused-ring (bicyclic) bond motifs is 1. The van der Waals surface area contributed by atoms with Gasteiger partial charge in [0.05, 0.1) is 16.6 Å². The molecule has 1 amide bonds. The van der Waals surface area contributed by atoms with Crippen LogP contribution in [-0.4, -0.2) is 20.7 Å². The van der Waals surface area contributed by atoms with Crippen LogP contribution in [0, 0.1) is 11.6 Å². The molecule has 1 N–H and O–H groups in total. The second-order valence-electron chi connectivity index (χ2n) is 6.15. The maximum atomic E-state index is 13.6. The number of amides is 1. The Morgan fingerprint density at radius 2 is 1.86 bits per heavy atom. The van der Waals surface area contributed by atoms with Gasteiger partial charge in [0.15, 0.2) is 10.8 Å². The van der Waals surface area contributed by atoms with Crippen molar-refractivity contribution in [2.75, 3.05) is 5.32 Å². The number of hydrogen-bond donors (Lipinski definition) is 1. The number of rotatable bonds is 4. The van der Waals surface area contributed by atoms with Crippen LogP contribution >= 0.6 is 11.3 Å². The van der Waals surface area contributed by atoms with Crippen LogP contribution in [0.2, 0.25) is 0 Å². The number of nitrogens with zero attached hydrogens (tertiary/aromatic N) is 3. The molecule has 146 valence electrons. The first kappa shape index (κ1) is 18.9. The van der Waals surface area contributed by atoms with Crippen molar-refractivity contribution in [1.82, 2.24) is 14.8 Å². The highest BCUT2D eigenvalue weighted by atomic mass is 32.1. The Bertz CT molecular complexity index is 1280. The Labute approximate surface area is 167 Å². The van der Waals surface area contributed by atoms with Crippen molar-refractivity contribution < 1.29 is 13.6 Å². The van der Waals surface area contributed by atoms with E-state index in [1.165, 1.54) is 28.9 Å². The number of benzene rings is 2. The number of aromatic nitrogens is 3. The quantitative estimate of drug-likeness (QED) is 0.548. The molecule has 0 atom stereocenters. The normalized spacial score (nSPS) is 11.0. The standard InChI is InChI=1S/C20H14F2N4O2S/c1-2-26-16-8-7-13(22)9-14(16)18(27)17(25-26)19(28)24-20-23-15(10-29-20)11-3-5-12(21)6-4-11/h3-10H,2H2,1H3,(H,23,24,28). The van der Waals surface area contributed by atoms with E-state index in [4.69, 9.17) is 0 Å². The summed E-state index contributed by atoms with van der Waals surface area (Å²) in [4.78, 5) is 29.6. The molecule has 2 heterocycles. The summed E-state index contributed by atoms with van der Waals surface area (Å²) in [6, 6.07) is 9.58. The van der Waals surface area contributed by atoms with Crippen LogP contribution in [0.1, 0.15) is 17.4 Å². The first-order valence-corrected chi connectivity index (χ1v) is 9.57. The van der Waals surface area contributed by atoms with E-state index in [-0.39, 0.29) is 22.0 Å². The molecule has 9 heteroatoms. The third-order valence-corrected chi connectivity index (χ3v) is 5.05. The van der Waals surface area contributed by atoms with E-state index >= 15 is 0 Å². The zero-order valence-corrected chi connectivity index (χ0v) is 16.0. The molecule has 29 heavy (non-hydrogen) atoms. The maximum Gasteiger partial charge on any atom is 0.281 e. The van der Waals surface area contributed by atoms with Gasteiger partial charge in [-0.3, -0.25) is 19.6 Å². The lowest BCUT2D eigenvalue weighted by Crippen LogP contribution is -2.27. The number of hydrogen-bond acceptors (Lipinski definition) is 5. The van der Waals surface area contributed by atoms with E-state index in [1.54, 1.807) is 24.4 Å². The number of anilines is 1. The van der Waals surface area contributed by atoms with Gasteiger partial charge in [-0.15, -0.1) is 11.3 Å². The van der Waals surface area contributed by atoms with Gasteiger partial charge in [0, 0.05) is 17.5 Å². The molecule has 0 fully saturated rings. The summed E-state index contributed by atoms with van der Waals surface area (Å²) in [6.45, 7) is 2.20. The highest BCUT2D eigenvalue weighted by Crippen LogP contribution is 2.25. The highest BCUT2D eigenvalue weighted by molar-refractivity contribution is 7.14. The molecule has 0 unspecified atom stereocenters. The smallest absolute Gasteiger partial charge is 0.281 e. The lowest BCUT2D eigenvalue weighted by Gasteiger charge is -2.09. The van der Waals surface area contributed by atoms with Crippen molar-refractivity contribution >= 4 is 33.3 Å². The molecule has 4 rings (SSSR count). The molecule has 0 aliphatic heterocycles. The minimum Gasteiger partial charge on any atom is -0.296 e. The van der Waals surface area contributed by atoms with Gasteiger partial charge < -0.3 is 0 Å². The van der Waals surface area contributed by atoms with Crippen molar-refractivity contribution in [1.29, 1.82) is 0 Å². The van der Waals surface area contributed by atoms with Gasteiger partial charge in [0.25, 0.3) is 5.91 Å². The lowest BCUT2D eigenvalue weighted by atomic mass is 10.2. The Kier molecular flexibility index (Phi) is 4.89. The third-order valence-electron chi connectivity index (χ3n) is 4.30. The van der Waals surface area contributed by atoms with Crippen molar-refractivity contribution in [3.05, 3.63) is 75.4 Å². The molecular formula is C20H14F2N4O2S. The number of halogens is 2. The molecule has 0 aliphatic carbocycles. The van der Waals surface area contributed by atoms with Crippen molar-refractivity contribution in [3.8, 4) is 11.3 Å². The van der Waals surface area contributed by atoms with Crippen molar-refractivity contribution in [2.45, 2.75) is 13.5 Å². The number of carbonyl (C=O) groups is 1. The van der Waals surface area contributed by atoms with E-state index < -0.39 is 17.2 Å². The second kappa shape index (κ2) is 7.51. The SMILES string of the molecule is CCn1nc(C(=O)Nc2nc(-c3ccc(F)cc3)cs2)c(=O)c2cc(F)ccc21. The fourth-order valence-electron chi connectivity index (χ4n) is 2.89. The zero-order chi connectivity index (χ0) is 20.5. The van der Waals surface area contributed by atoms with E-state index in [0.29, 0.717) is 23.3 Å². The highest BCUT2D eigenvalue weighted by Gasteiger charge is 2.19. The minimum absolute atomic E-state index is 0.0816. The number of thiazole rings is 1. The average Bonchev–Trinajstić information content (AvgIpc) is 3.17. The summed E-state index contributed by atoms with van der Waals surface area (Å²) in [7, 11) is 0. The van der Waals surface area contributed by atoms with Gasteiger partial charge in [-0.05, 0) is 49.4 Å². The molecule has 2 aromatic heterocycles. The first-order valence-electron chi connectivity index (χ1n) is 8.69. The maximum absolute atomic E-state index is 13.6. The van der Waals surface area contributed by atoms with E-state index in [2.05, 4.69) is 15.4 Å². The Balaban J connectivity index is 1.67. The van der Waals surface area contributed by atoms with E-state index in [0.717, 1.165) is 17.4 Å². The molecule has 0 spiro atoms. The van der Waals surface area contributed by atoms with Crippen LogP contribution in [0.4, 0.5) is 13.9 Å². The lowest BCUT2D eigenvalue weighted by molar-refractivity contribution is 0.101. The van der Waals surface area contributed by atoms with Gasteiger partial charge in [-0.2, -0.15) is 5.10 Å². The Morgan fingerprint density at radius 3 is 2.59 bits per heavy atom. The van der Waals surface area contributed by atoms with Crippen LogP contribution in [0.25, 0.3) is 22.2 Å². The van der Waals surface area contributed by atoms with Crippen LogP contribution in [0.5, 0.6) is 0 Å². The van der Waals surface area contributed by atoms with Gasteiger partial charge in [-0.25, -0.2) is 13.8 Å². The molecule has 0 radical (unpaired) electrons. The largest absolute Gasteiger partial charge is 0.296 e. The molecule has 0 aliphatic rings. The number of carbonyl (C=O) groups excluding carboxylic acids is 1. The Hall–Kier alpha value is -3.46. The van der Waals surface area contributed by atoms with Crippen molar-refractivity contribution in [2.24, 2.45) is 0 Å². The molecule has 6 nitrogen and oxygen atoms in total. The average molecular weight is 412 g/mol. The van der Waals surface area contributed by atoms with Gasteiger partial charge in [0.1, 0.15) is 11.6 Å². The summed E-state index contributed by atoms with van der Waals surface area (Å²) in [5.74, 6) is -1.66. The predicted molar refractivity (Wildman–Crippen MR) is 107 cm³/mol. The van der Waals surface area contributed by atoms with Crippen LogP contribution in [0.15, 0.2) is 52.6 Å². The summed E-state index contributed by atoms with van der Waals surface area (Å²) < 4.78 is 28.2. The second-order valence-corrected chi connectivity index (χ2v) is 7.01. The third kappa shape index (κ3) is 3.64. The van der Waals surface area contributed by atoms with Crippen molar-refractivity contribution in [3.63, 3.8) is 0 Å². The van der Waals surface area contributed by atoms with Gasteiger partial charge >= 0.3 is 0 Å². The fourth-order valence-corrected chi connectivity index (χ4v) is 3.61. The van der Waals surface area contributed by atoms with Gasteiger partial charge in [-0.1, -0.05) is 0 Å². The van der Waals surface area contributed by atoms with E-state index in [9.17, 15) is 18.4 Å². The van der Waals surface area contributed by atoms with Crippen LogP contribution in [0.3, 0.4) is 0 Å². The molecule has 0 saturated heterocycles. The summed E-state index contributed by atoms with van der Waals surface area (Å²) >= 11 is 1.16. The molecule has 0 saturated carbocycles. The number of aryl methyl sites for hydroxylation is 1. The topological polar surface area (TPSA) is 76.9 Å². The van der Waals surface area contributed by atoms with Crippen LogP contribution in [-0.2, 0) is 6.54 Å². The summed E-state index contributed by atoms with van der Waals surface area (Å²) in [5.41, 5.74) is 0.699. The summed E-state index contributed by atoms with van der Waals surface area (Å²) in [5, 5.41) is 8.73. The minimum atomic E-state index is -0.733.